The Bertz CT molecular complexity index is 829. The van der Waals surface area contributed by atoms with E-state index in [-0.39, 0.29) is 11.4 Å². The Kier molecular flexibility index (Phi) is 6.46. The van der Waals surface area contributed by atoms with Gasteiger partial charge in [-0.1, -0.05) is 29.8 Å². The molecule has 1 unspecified atom stereocenters. The van der Waals surface area contributed by atoms with Gasteiger partial charge in [0.25, 0.3) is 0 Å². The topological polar surface area (TPSA) is 64.6 Å². The Labute approximate surface area is 154 Å². The first-order valence-corrected chi connectivity index (χ1v) is 9.58. The minimum atomic E-state index is -3.68. The molecule has 0 amide bonds. The molecule has 0 saturated heterocycles. The first kappa shape index (κ1) is 19.7. The van der Waals surface area contributed by atoms with E-state index in [1.165, 1.54) is 7.11 Å². The van der Waals surface area contributed by atoms with Crippen molar-refractivity contribution in [2.45, 2.75) is 24.8 Å². The quantitative estimate of drug-likeness (QED) is 0.792. The summed E-state index contributed by atoms with van der Waals surface area (Å²) < 4.78 is 38.5. The van der Waals surface area contributed by atoms with Gasteiger partial charge in [0, 0.05) is 24.2 Å². The van der Waals surface area contributed by atoms with E-state index in [9.17, 15) is 8.42 Å². The van der Waals surface area contributed by atoms with Gasteiger partial charge in [-0.15, -0.1) is 0 Å². The second-order valence-corrected chi connectivity index (χ2v) is 7.86. The molecule has 1 atom stereocenters. The van der Waals surface area contributed by atoms with Gasteiger partial charge in [-0.2, -0.15) is 0 Å². The van der Waals surface area contributed by atoms with Crippen LogP contribution in [0.1, 0.15) is 22.8 Å². The van der Waals surface area contributed by atoms with Crippen molar-refractivity contribution in [3.05, 3.63) is 58.1 Å². The Morgan fingerprint density at radius 3 is 2.24 bits per heavy atom. The summed E-state index contributed by atoms with van der Waals surface area (Å²) in [7, 11) is -0.603. The van der Waals surface area contributed by atoms with Gasteiger partial charge in [0.1, 0.15) is 5.75 Å². The second kappa shape index (κ2) is 8.19. The Hall–Kier alpha value is -1.60. The van der Waals surface area contributed by atoms with E-state index < -0.39 is 16.1 Å². The van der Waals surface area contributed by atoms with Crippen molar-refractivity contribution in [3.8, 4) is 5.75 Å². The molecule has 0 aromatic heterocycles. The first-order chi connectivity index (χ1) is 11.8. The van der Waals surface area contributed by atoms with Crippen LogP contribution in [0.5, 0.6) is 5.75 Å². The van der Waals surface area contributed by atoms with Crippen LogP contribution in [0.25, 0.3) is 0 Å². The molecule has 7 heteroatoms. The fourth-order valence-electron chi connectivity index (χ4n) is 2.71. The number of sulfonamides is 1. The molecular weight excluding hydrogens is 362 g/mol. The predicted octanol–water partition coefficient (Wildman–Crippen LogP) is 3.63. The zero-order chi connectivity index (χ0) is 18.6. The summed E-state index contributed by atoms with van der Waals surface area (Å²) in [5.41, 5.74) is 2.26. The zero-order valence-corrected chi connectivity index (χ0v) is 16.2. The molecule has 2 rings (SSSR count). The lowest BCUT2D eigenvalue weighted by Gasteiger charge is -2.18. The molecule has 1 N–H and O–H groups in total. The van der Waals surface area contributed by atoms with Crippen molar-refractivity contribution >= 4 is 21.6 Å². The molecule has 0 fully saturated rings. The van der Waals surface area contributed by atoms with Gasteiger partial charge in [0.15, 0.2) is 0 Å². The summed E-state index contributed by atoms with van der Waals surface area (Å²) in [6, 6.07) is 10.4. The smallest absolute Gasteiger partial charge is 0.240 e. The highest BCUT2D eigenvalue weighted by Crippen LogP contribution is 2.27. The van der Waals surface area contributed by atoms with Crippen molar-refractivity contribution in [3.63, 3.8) is 0 Å². The average Bonchev–Trinajstić information content (AvgIpc) is 2.56. The van der Waals surface area contributed by atoms with E-state index in [2.05, 4.69) is 4.72 Å². The van der Waals surface area contributed by atoms with Crippen LogP contribution in [0.15, 0.2) is 41.3 Å². The molecular formula is C18H22ClNO4S. The molecule has 2 aromatic rings. The maximum atomic E-state index is 12.6. The first-order valence-electron chi connectivity index (χ1n) is 7.72. The van der Waals surface area contributed by atoms with Gasteiger partial charge < -0.3 is 9.47 Å². The molecule has 25 heavy (non-hydrogen) atoms. The SMILES string of the molecule is COc1c(C)cc(S(=O)(=O)NCC(OC)c2ccccc2Cl)cc1C. The molecule has 0 heterocycles. The third-order valence-corrected chi connectivity index (χ3v) is 5.69. The number of hydrogen-bond donors (Lipinski definition) is 1. The van der Waals surface area contributed by atoms with Gasteiger partial charge in [-0.3, -0.25) is 0 Å². The molecule has 5 nitrogen and oxygen atoms in total. The van der Waals surface area contributed by atoms with E-state index in [4.69, 9.17) is 21.1 Å². The largest absolute Gasteiger partial charge is 0.496 e. The molecule has 0 spiro atoms. The molecule has 0 aliphatic carbocycles. The zero-order valence-electron chi connectivity index (χ0n) is 14.7. The summed E-state index contributed by atoms with van der Waals surface area (Å²) >= 11 is 6.17. The molecule has 136 valence electrons. The number of aryl methyl sites for hydroxylation is 2. The maximum Gasteiger partial charge on any atom is 0.240 e. The van der Waals surface area contributed by atoms with Crippen LogP contribution in [0.3, 0.4) is 0 Å². The van der Waals surface area contributed by atoms with Crippen molar-refractivity contribution < 1.29 is 17.9 Å². The number of rotatable bonds is 7. The third kappa shape index (κ3) is 4.52. The van der Waals surface area contributed by atoms with E-state index >= 15 is 0 Å². The van der Waals surface area contributed by atoms with Crippen molar-refractivity contribution in [2.24, 2.45) is 0 Å². The summed E-state index contributed by atoms with van der Waals surface area (Å²) in [5.74, 6) is 0.685. The van der Waals surface area contributed by atoms with Gasteiger partial charge in [-0.05, 0) is 43.2 Å². The van der Waals surface area contributed by atoms with Gasteiger partial charge in [-0.25, -0.2) is 13.1 Å². The highest BCUT2D eigenvalue weighted by atomic mass is 35.5. The van der Waals surface area contributed by atoms with Crippen LogP contribution >= 0.6 is 11.6 Å². The molecule has 2 aromatic carbocycles. The summed E-state index contributed by atoms with van der Waals surface area (Å²) in [6.07, 6.45) is -0.482. The lowest BCUT2D eigenvalue weighted by Crippen LogP contribution is -2.29. The lowest BCUT2D eigenvalue weighted by atomic mass is 10.1. The fraction of sp³-hybridized carbons (Fsp3) is 0.333. The van der Waals surface area contributed by atoms with Crippen LogP contribution < -0.4 is 9.46 Å². The van der Waals surface area contributed by atoms with Crippen LogP contribution in [0, 0.1) is 13.8 Å². The van der Waals surface area contributed by atoms with Crippen LogP contribution in [0.2, 0.25) is 5.02 Å². The average molecular weight is 384 g/mol. The Morgan fingerprint density at radius 2 is 1.72 bits per heavy atom. The van der Waals surface area contributed by atoms with Crippen LogP contribution in [-0.4, -0.2) is 29.2 Å². The van der Waals surface area contributed by atoms with Crippen molar-refractivity contribution in [1.29, 1.82) is 0 Å². The highest BCUT2D eigenvalue weighted by molar-refractivity contribution is 7.89. The predicted molar refractivity (Wildman–Crippen MR) is 98.9 cm³/mol. The lowest BCUT2D eigenvalue weighted by molar-refractivity contribution is 0.107. The minimum absolute atomic E-state index is 0.0761. The number of nitrogens with one attached hydrogen (secondary N) is 1. The highest BCUT2D eigenvalue weighted by Gasteiger charge is 2.21. The number of hydrogen-bond acceptors (Lipinski definition) is 4. The van der Waals surface area contributed by atoms with Crippen molar-refractivity contribution in [1.82, 2.24) is 4.72 Å². The Balaban J connectivity index is 2.23. The van der Waals surface area contributed by atoms with E-state index in [0.717, 1.165) is 16.7 Å². The minimum Gasteiger partial charge on any atom is -0.496 e. The number of ether oxygens (including phenoxy) is 2. The van der Waals surface area contributed by atoms with Crippen LogP contribution in [0.4, 0.5) is 0 Å². The molecule has 0 bridgehead atoms. The fourth-order valence-corrected chi connectivity index (χ4v) is 4.17. The summed E-state index contributed by atoms with van der Waals surface area (Å²) in [4.78, 5) is 0.192. The summed E-state index contributed by atoms with van der Waals surface area (Å²) in [6.45, 7) is 3.70. The molecule has 0 aliphatic rings. The van der Waals surface area contributed by atoms with Crippen molar-refractivity contribution in [2.75, 3.05) is 20.8 Å². The van der Waals surface area contributed by atoms with Crippen LogP contribution in [-0.2, 0) is 14.8 Å². The molecule has 0 saturated carbocycles. The van der Waals surface area contributed by atoms with Gasteiger partial charge in [0.2, 0.25) is 10.0 Å². The maximum absolute atomic E-state index is 12.6. The molecule has 0 aliphatic heterocycles. The van der Waals surface area contributed by atoms with E-state index in [1.54, 1.807) is 25.3 Å². The number of benzene rings is 2. The number of methoxy groups -OCH3 is 2. The second-order valence-electron chi connectivity index (χ2n) is 5.69. The Morgan fingerprint density at radius 1 is 1.12 bits per heavy atom. The van der Waals surface area contributed by atoms with Gasteiger partial charge >= 0.3 is 0 Å². The summed E-state index contributed by atoms with van der Waals surface area (Å²) in [5, 5.41) is 0.532. The molecule has 0 radical (unpaired) electrons. The standard InChI is InChI=1S/C18H22ClNO4S/c1-12-9-14(10-13(2)18(12)24-4)25(21,22)20-11-17(23-3)15-7-5-6-8-16(15)19/h5-10,17,20H,11H2,1-4H3. The normalized spacial score (nSPS) is 12.8. The van der Waals surface area contributed by atoms with E-state index in [1.807, 2.05) is 32.0 Å². The number of halogens is 1. The van der Waals surface area contributed by atoms with Gasteiger partial charge in [0.05, 0.1) is 18.1 Å². The third-order valence-electron chi connectivity index (χ3n) is 3.94. The monoisotopic (exact) mass is 383 g/mol. The van der Waals surface area contributed by atoms with E-state index in [0.29, 0.717) is 10.8 Å².